The molecule has 1 atom stereocenters. The summed E-state index contributed by atoms with van der Waals surface area (Å²) in [5.41, 5.74) is 2.68. The molecule has 1 saturated heterocycles. The fourth-order valence-electron chi connectivity index (χ4n) is 4.08. The van der Waals surface area contributed by atoms with Crippen LogP contribution >= 0.6 is 11.6 Å². The van der Waals surface area contributed by atoms with E-state index in [-0.39, 0.29) is 11.9 Å². The Kier molecular flexibility index (Phi) is 5.55. The van der Waals surface area contributed by atoms with Crippen molar-refractivity contribution in [2.45, 2.75) is 25.8 Å². The molecule has 0 bridgehead atoms. The Morgan fingerprint density at radius 3 is 2.82 bits per heavy atom. The minimum atomic E-state index is -0.321. The summed E-state index contributed by atoms with van der Waals surface area (Å²) in [5.74, 6) is 1.30. The summed E-state index contributed by atoms with van der Waals surface area (Å²) in [7, 11) is 1.57. The Morgan fingerprint density at radius 2 is 2.03 bits per heavy atom. The fourth-order valence-corrected chi connectivity index (χ4v) is 4.25. The molecular weight excluding hydrogens is 444 g/mol. The molecule has 9 nitrogen and oxygen atoms in total. The molecule has 3 heterocycles. The summed E-state index contributed by atoms with van der Waals surface area (Å²) in [5, 5.41) is 13.2. The molecule has 0 spiro atoms. The predicted molar refractivity (Wildman–Crippen MR) is 120 cm³/mol. The van der Waals surface area contributed by atoms with E-state index in [1.807, 2.05) is 25.1 Å². The molecule has 5 rings (SSSR count). The largest absolute Gasteiger partial charge is 0.497 e. The zero-order valence-electron chi connectivity index (χ0n) is 18.1. The van der Waals surface area contributed by atoms with Gasteiger partial charge >= 0.3 is 0 Å². The van der Waals surface area contributed by atoms with E-state index in [2.05, 4.69) is 20.3 Å². The van der Waals surface area contributed by atoms with E-state index in [1.54, 1.807) is 42.6 Å². The van der Waals surface area contributed by atoms with Crippen molar-refractivity contribution in [3.05, 3.63) is 70.8 Å². The second kappa shape index (κ2) is 8.67. The van der Waals surface area contributed by atoms with E-state index in [0.717, 1.165) is 24.0 Å². The fraction of sp³-hybridized carbons (Fsp3) is 0.261. The van der Waals surface area contributed by atoms with Gasteiger partial charge in [0.05, 0.1) is 25.1 Å². The van der Waals surface area contributed by atoms with Crippen LogP contribution < -0.4 is 4.74 Å². The Bertz CT molecular complexity index is 1300. The number of amides is 1. The Balaban J connectivity index is 1.47. The molecule has 4 aromatic rings. The van der Waals surface area contributed by atoms with Gasteiger partial charge in [0, 0.05) is 23.2 Å². The molecule has 0 saturated carbocycles. The van der Waals surface area contributed by atoms with E-state index < -0.39 is 0 Å². The van der Waals surface area contributed by atoms with Crippen molar-refractivity contribution in [1.82, 2.24) is 30.0 Å². The van der Waals surface area contributed by atoms with Crippen LogP contribution in [0.25, 0.3) is 17.1 Å². The lowest BCUT2D eigenvalue weighted by atomic mass is 10.1. The van der Waals surface area contributed by atoms with Gasteiger partial charge in [-0.05, 0) is 43.5 Å². The lowest BCUT2D eigenvalue weighted by Crippen LogP contribution is -2.31. The van der Waals surface area contributed by atoms with Crippen LogP contribution in [0.2, 0.25) is 5.02 Å². The smallest absolute Gasteiger partial charge is 0.256 e. The minimum Gasteiger partial charge on any atom is -0.497 e. The van der Waals surface area contributed by atoms with Gasteiger partial charge in [0.2, 0.25) is 11.7 Å². The molecule has 33 heavy (non-hydrogen) atoms. The number of aromatic nitrogens is 5. The van der Waals surface area contributed by atoms with E-state index in [4.69, 9.17) is 20.9 Å². The highest BCUT2D eigenvalue weighted by Gasteiger charge is 2.36. The van der Waals surface area contributed by atoms with E-state index >= 15 is 0 Å². The third kappa shape index (κ3) is 3.84. The number of likely N-dealkylation sites (tertiary alicyclic amines) is 1. The minimum absolute atomic E-state index is 0.161. The van der Waals surface area contributed by atoms with Crippen LogP contribution in [0.1, 0.15) is 40.7 Å². The summed E-state index contributed by atoms with van der Waals surface area (Å²) in [6, 6.07) is 10.5. The summed E-state index contributed by atoms with van der Waals surface area (Å²) in [6.45, 7) is 2.49. The maximum atomic E-state index is 13.6. The number of ether oxygens (including phenoxy) is 1. The topological polar surface area (TPSA) is 99.2 Å². The third-order valence-corrected chi connectivity index (χ3v) is 6.23. The zero-order chi connectivity index (χ0) is 22.9. The molecular formula is C23H21ClN6O3. The first-order valence-electron chi connectivity index (χ1n) is 10.5. The number of rotatable bonds is 5. The van der Waals surface area contributed by atoms with Crippen molar-refractivity contribution in [2.75, 3.05) is 13.7 Å². The van der Waals surface area contributed by atoms with Crippen molar-refractivity contribution in [3.63, 3.8) is 0 Å². The molecule has 0 radical (unpaired) electrons. The van der Waals surface area contributed by atoms with E-state index in [0.29, 0.717) is 40.3 Å². The molecule has 2 aromatic heterocycles. The number of carbonyl (C=O) groups is 1. The van der Waals surface area contributed by atoms with Gasteiger partial charge in [0.25, 0.3) is 5.91 Å². The number of halogens is 1. The van der Waals surface area contributed by atoms with Gasteiger partial charge in [-0.15, -0.1) is 0 Å². The molecule has 0 aliphatic carbocycles. The van der Waals surface area contributed by atoms with Crippen molar-refractivity contribution < 1.29 is 14.1 Å². The van der Waals surface area contributed by atoms with Crippen LogP contribution in [-0.4, -0.2) is 49.6 Å². The molecule has 168 valence electrons. The Labute approximate surface area is 194 Å². The van der Waals surface area contributed by atoms with Crippen LogP contribution in [0.15, 0.2) is 53.3 Å². The molecule has 10 heteroatoms. The van der Waals surface area contributed by atoms with Gasteiger partial charge in [-0.1, -0.05) is 28.9 Å². The van der Waals surface area contributed by atoms with Crippen LogP contribution in [0.3, 0.4) is 0 Å². The molecule has 1 unspecified atom stereocenters. The average Bonchev–Trinajstić information content (AvgIpc) is 3.61. The highest BCUT2D eigenvalue weighted by atomic mass is 35.5. The summed E-state index contributed by atoms with van der Waals surface area (Å²) in [6.07, 6.45) is 4.68. The first-order chi connectivity index (χ1) is 16.1. The average molecular weight is 465 g/mol. The first-order valence-corrected chi connectivity index (χ1v) is 10.9. The van der Waals surface area contributed by atoms with Gasteiger partial charge in [-0.25, -0.2) is 0 Å². The molecule has 1 amide bonds. The molecule has 1 aliphatic heterocycles. The van der Waals surface area contributed by atoms with E-state index in [9.17, 15) is 4.79 Å². The second-order valence-electron chi connectivity index (χ2n) is 7.73. The summed E-state index contributed by atoms with van der Waals surface area (Å²) >= 11 is 6.25. The zero-order valence-corrected chi connectivity index (χ0v) is 18.9. The van der Waals surface area contributed by atoms with E-state index in [1.165, 1.54) is 4.80 Å². The van der Waals surface area contributed by atoms with Gasteiger partial charge in [-0.2, -0.15) is 20.0 Å². The lowest BCUT2D eigenvalue weighted by Gasteiger charge is -2.23. The van der Waals surface area contributed by atoms with Gasteiger partial charge < -0.3 is 14.2 Å². The third-order valence-electron chi connectivity index (χ3n) is 5.82. The maximum absolute atomic E-state index is 13.6. The van der Waals surface area contributed by atoms with Gasteiger partial charge in [-0.3, -0.25) is 4.79 Å². The van der Waals surface area contributed by atoms with Gasteiger partial charge in [0.15, 0.2) is 0 Å². The molecule has 2 aromatic carbocycles. The van der Waals surface area contributed by atoms with Crippen LogP contribution in [0.4, 0.5) is 0 Å². The first kappa shape index (κ1) is 21.1. The number of methoxy groups -OCH3 is 1. The normalized spacial score (nSPS) is 15.7. The standard InChI is InChI=1S/C23H21ClN6O3/c1-14-16(5-3-6-18(14)24)21-27-22(33-28-21)19-7-4-12-29(19)23(31)17-9-8-15(32-2)13-20(17)30-25-10-11-26-30/h3,5-6,8-11,13,19H,4,7,12H2,1-2H3. The SMILES string of the molecule is COc1ccc(C(=O)N2CCCC2c2nc(-c3cccc(Cl)c3C)no2)c(-n2nccn2)c1. The molecule has 1 aliphatic rings. The monoisotopic (exact) mass is 464 g/mol. The highest BCUT2D eigenvalue weighted by molar-refractivity contribution is 6.31. The summed E-state index contributed by atoms with van der Waals surface area (Å²) < 4.78 is 10.9. The van der Waals surface area contributed by atoms with Crippen molar-refractivity contribution in [2.24, 2.45) is 0 Å². The second-order valence-corrected chi connectivity index (χ2v) is 8.13. The predicted octanol–water partition coefficient (Wildman–Crippen LogP) is 4.27. The Hall–Kier alpha value is -3.72. The van der Waals surface area contributed by atoms with Crippen molar-refractivity contribution in [1.29, 1.82) is 0 Å². The van der Waals surface area contributed by atoms with Crippen molar-refractivity contribution >= 4 is 17.5 Å². The molecule has 0 N–H and O–H groups in total. The molecule has 1 fully saturated rings. The Morgan fingerprint density at radius 1 is 1.21 bits per heavy atom. The van der Waals surface area contributed by atoms with Gasteiger partial charge in [0.1, 0.15) is 17.5 Å². The highest BCUT2D eigenvalue weighted by Crippen LogP contribution is 2.35. The number of carbonyl (C=O) groups excluding carboxylic acids is 1. The number of benzene rings is 2. The maximum Gasteiger partial charge on any atom is 0.256 e. The quantitative estimate of drug-likeness (QED) is 0.435. The van der Waals surface area contributed by atoms with Crippen molar-refractivity contribution in [3.8, 4) is 22.8 Å². The number of hydrogen-bond donors (Lipinski definition) is 0. The number of hydrogen-bond acceptors (Lipinski definition) is 7. The lowest BCUT2D eigenvalue weighted by molar-refractivity contribution is 0.0709. The van der Waals surface area contributed by atoms with Crippen LogP contribution in [0.5, 0.6) is 5.75 Å². The van der Waals surface area contributed by atoms with Crippen LogP contribution in [0, 0.1) is 6.92 Å². The van der Waals surface area contributed by atoms with Crippen LogP contribution in [-0.2, 0) is 0 Å². The number of nitrogens with zero attached hydrogens (tertiary/aromatic N) is 6. The summed E-state index contributed by atoms with van der Waals surface area (Å²) in [4.78, 5) is 21.4.